The Morgan fingerprint density at radius 3 is 2.57 bits per heavy atom. The summed E-state index contributed by atoms with van der Waals surface area (Å²) >= 11 is 0. The van der Waals surface area contributed by atoms with Crippen LogP contribution in [-0.4, -0.2) is 10.9 Å². The summed E-state index contributed by atoms with van der Waals surface area (Å²) in [6.07, 6.45) is 0.356. The minimum atomic E-state index is -0.0540. The Morgan fingerprint density at radius 1 is 1.00 bits per heavy atom. The van der Waals surface area contributed by atoms with Crippen LogP contribution in [0.5, 0.6) is 0 Å². The molecule has 3 aromatic rings. The Labute approximate surface area is 123 Å². The van der Waals surface area contributed by atoms with E-state index in [2.05, 4.69) is 10.3 Å². The molecule has 3 rings (SSSR count). The van der Waals surface area contributed by atoms with Gasteiger partial charge in [-0.3, -0.25) is 4.79 Å². The molecule has 0 fully saturated rings. The summed E-state index contributed by atoms with van der Waals surface area (Å²) in [6.45, 7) is 2.03. The predicted molar refractivity (Wildman–Crippen MR) is 85.3 cm³/mol. The molecule has 1 heterocycles. The second kappa shape index (κ2) is 5.75. The summed E-state index contributed by atoms with van der Waals surface area (Å²) in [4.78, 5) is 16.5. The maximum atomic E-state index is 12.1. The zero-order chi connectivity index (χ0) is 14.7. The number of benzene rings is 2. The number of para-hydroxylation sites is 1. The minimum Gasteiger partial charge on any atom is -0.310 e. The fourth-order valence-corrected chi connectivity index (χ4v) is 2.21. The summed E-state index contributed by atoms with van der Waals surface area (Å²) in [5.41, 5.74) is 3.07. The molecule has 0 unspecified atom stereocenters. The predicted octanol–water partition coefficient (Wildman–Crippen LogP) is 3.72. The van der Waals surface area contributed by atoms with E-state index >= 15 is 0 Å². The number of rotatable bonds is 3. The van der Waals surface area contributed by atoms with E-state index in [1.54, 1.807) is 0 Å². The smallest absolute Gasteiger partial charge is 0.229 e. The number of amides is 1. The molecule has 0 saturated heterocycles. The molecule has 3 heteroatoms. The zero-order valence-electron chi connectivity index (χ0n) is 11.8. The van der Waals surface area contributed by atoms with Gasteiger partial charge in [-0.05, 0) is 30.7 Å². The van der Waals surface area contributed by atoms with Crippen molar-refractivity contribution < 1.29 is 4.79 Å². The molecule has 0 saturated carbocycles. The SMILES string of the molecule is Cc1ccc(CC(=O)Nc2ccc3ccccc3n2)cc1. The van der Waals surface area contributed by atoms with Gasteiger partial charge >= 0.3 is 0 Å². The van der Waals surface area contributed by atoms with Crippen molar-refractivity contribution in [3.8, 4) is 0 Å². The number of anilines is 1. The van der Waals surface area contributed by atoms with Gasteiger partial charge in [0.1, 0.15) is 5.82 Å². The number of nitrogens with one attached hydrogen (secondary N) is 1. The van der Waals surface area contributed by atoms with Crippen LogP contribution in [0.4, 0.5) is 5.82 Å². The standard InChI is InChI=1S/C18H16N2O/c1-13-6-8-14(9-7-13)12-18(21)20-17-11-10-15-4-2-3-5-16(15)19-17/h2-11H,12H2,1H3,(H,19,20,21). The van der Waals surface area contributed by atoms with Gasteiger partial charge in [-0.2, -0.15) is 0 Å². The minimum absolute atomic E-state index is 0.0540. The highest BCUT2D eigenvalue weighted by Crippen LogP contribution is 2.14. The van der Waals surface area contributed by atoms with Crippen LogP contribution in [0.2, 0.25) is 0 Å². The fourth-order valence-electron chi connectivity index (χ4n) is 2.21. The molecule has 0 spiro atoms. The van der Waals surface area contributed by atoms with E-state index in [9.17, 15) is 4.79 Å². The summed E-state index contributed by atoms with van der Waals surface area (Å²) in [7, 11) is 0. The van der Waals surface area contributed by atoms with Gasteiger partial charge in [0.15, 0.2) is 0 Å². The monoisotopic (exact) mass is 276 g/mol. The first-order valence-corrected chi connectivity index (χ1v) is 6.92. The topological polar surface area (TPSA) is 42.0 Å². The molecule has 1 N–H and O–H groups in total. The Kier molecular flexibility index (Phi) is 3.65. The van der Waals surface area contributed by atoms with Crippen molar-refractivity contribution in [2.45, 2.75) is 13.3 Å². The van der Waals surface area contributed by atoms with Crippen molar-refractivity contribution >= 4 is 22.6 Å². The quantitative estimate of drug-likeness (QED) is 0.792. The van der Waals surface area contributed by atoms with Gasteiger partial charge in [0.05, 0.1) is 11.9 Å². The third kappa shape index (κ3) is 3.26. The van der Waals surface area contributed by atoms with Crippen LogP contribution in [0.1, 0.15) is 11.1 Å². The third-order valence-electron chi connectivity index (χ3n) is 3.35. The normalized spacial score (nSPS) is 10.5. The molecular weight excluding hydrogens is 260 g/mol. The second-order valence-corrected chi connectivity index (χ2v) is 5.10. The highest BCUT2D eigenvalue weighted by molar-refractivity contribution is 5.92. The van der Waals surface area contributed by atoms with Crippen LogP contribution in [0.3, 0.4) is 0 Å². The lowest BCUT2D eigenvalue weighted by Gasteiger charge is -2.06. The Hall–Kier alpha value is -2.68. The number of hydrogen-bond acceptors (Lipinski definition) is 2. The Bertz CT molecular complexity index is 779. The fraction of sp³-hybridized carbons (Fsp3) is 0.111. The first kappa shape index (κ1) is 13.3. The summed E-state index contributed by atoms with van der Waals surface area (Å²) in [6, 6.07) is 19.6. The maximum Gasteiger partial charge on any atom is 0.229 e. The van der Waals surface area contributed by atoms with E-state index in [0.717, 1.165) is 16.5 Å². The number of hydrogen-bond donors (Lipinski definition) is 1. The molecule has 1 amide bonds. The van der Waals surface area contributed by atoms with Crippen molar-refractivity contribution in [2.75, 3.05) is 5.32 Å². The summed E-state index contributed by atoms with van der Waals surface area (Å²) in [5, 5.41) is 3.91. The van der Waals surface area contributed by atoms with Gasteiger partial charge in [-0.1, -0.05) is 48.0 Å². The van der Waals surface area contributed by atoms with Gasteiger partial charge in [0.25, 0.3) is 0 Å². The zero-order valence-corrected chi connectivity index (χ0v) is 11.8. The van der Waals surface area contributed by atoms with Gasteiger partial charge in [-0.15, -0.1) is 0 Å². The molecule has 0 aliphatic rings. The molecule has 2 aromatic carbocycles. The number of nitrogens with zero attached hydrogens (tertiary/aromatic N) is 1. The van der Waals surface area contributed by atoms with Gasteiger partial charge in [-0.25, -0.2) is 4.98 Å². The first-order chi connectivity index (χ1) is 10.2. The molecule has 0 aliphatic heterocycles. The van der Waals surface area contributed by atoms with Crippen LogP contribution in [0.15, 0.2) is 60.7 Å². The third-order valence-corrected chi connectivity index (χ3v) is 3.35. The van der Waals surface area contributed by atoms with E-state index in [1.165, 1.54) is 5.56 Å². The molecule has 3 nitrogen and oxygen atoms in total. The van der Waals surface area contributed by atoms with Gasteiger partial charge in [0, 0.05) is 5.39 Å². The van der Waals surface area contributed by atoms with Crippen LogP contribution < -0.4 is 5.32 Å². The van der Waals surface area contributed by atoms with E-state index < -0.39 is 0 Å². The van der Waals surface area contributed by atoms with Crippen molar-refractivity contribution in [3.63, 3.8) is 0 Å². The lowest BCUT2D eigenvalue weighted by molar-refractivity contribution is -0.115. The van der Waals surface area contributed by atoms with Gasteiger partial charge < -0.3 is 5.32 Å². The van der Waals surface area contributed by atoms with E-state index in [-0.39, 0.29) is 5.91 Å². The van der Waals surface area contributed by atoms with E-state index in [0.29, 0.717) is 12.2 Å². The second-order valence-electron chi connectivity index (χ2n) is 5.10. The molecule has 0 aliphatic carbocycles. The average molecular weight is 276 g/mol. The maximum absolute atomic E-state index is 12.1. The summed E-state index contributed by atoms with van der Waals surface area (Å²) in [5.74, 6) is 0.535. The lowest BCUT2D eigenvalue weighted by atomic mass is 10.1. The summed E-state index contributed by atoms with van der Waals surface area (Å²) < 4.78 is 0. The largest absolute Gasteiger partial charge is 0.310 e. The number of fused-ring (bicyclic) bond motifs is 1. The number of aromatic nitrogens is 1. The number of aryl methyl sites for hydroxylation is 1. The van der Waals surface area contributed by atoms with Crippen LogP contribution in [0, 0.1) is 6.92 Å². The molecule has 0 radical (unpaired) electrons. The van der Waals surface area contributed by atoms with Crippen molar-refractivity contribution in [1.82, 2.24) is 4.98 Å². The van der Waals surface area contributed by atoms with E-state index in [1.807, 2.05) is 67.6 Å². The van der Waals surface area contributed by atoms with Crippen LogP contribution in [-0.2, 0) is 11.2 Å². The van der Waals surface area contributed by atoms with Crippen molar-refractivity contribution in [3.05, 3.63) is 71.8 Å². The molecule has 1 aromatic heterocycles. The number of carbonyl (C=O) groups excluding carboxylic acids is 1. The van der Waals surface area contributed by atoms with E-state index in [4.69, 9.17) is 0 Å². The van der Waals surface area contributed by atoms with Crippen LogP contribution in [0.25, 0.3) is 10.9 Å². The molecular formula is C18H16N2O. The van der Waals surface area contributed by atoms with Crippen molar-refractivity contribution in [2.24, 2.45) is 0 Å². The molecule has 0 atom stereocenters. The highest BCUT2D eigenvalue weighted by atomic mass is 16.1. The van der Waals surface area contributed by atoms with Crippen LogP contribution >= 0.6 is 0 Å². The molecule has 104 valence electrons. The van der Waals surface area contributed by atoms with Gasteiger partial charge in [0.2, 0.25) is 5.91 Å². The molecule has 21 heavy (non-hydrogen) atoms. The lowest BCUT2D eigenvalue weighted by Crippen LogP contribution is -2.15. The first-order valence-electron chi connectivity index (χ1n) is 6.92. The number of carbonyl (C=O) groups is 1. The molecule has 0 bridgehead atoms. The number of pyridine rings is 1. The van der Waals surface area contributed by atoms with Crippen molar-refractivity contribution in [1.29, 1.82) is 0 Å². The Balaban J connectivity index is 1.72. The Morgan fingerprint density at radius 2 is 1.76 bits per heavy atom. The average Bonchev–Trinajstić information content (AvgIpc) is 2.49. The highest BCUT2D eigenvalue weighted by Gasteiger charge is 2.05.